The van der Waals surface area contributed by atoms with Crippen LogP contribution in [0.3, 0.4) is 0 Å². The van der Waals surface area contributed by atoms with E-state index in [1.165, 1.54) is 31.0 Å². The standard InChI is InChI=1S/C8H16BrNS/c1-8-7-11-6-5-10(8)4-2-3-9/h8H,2-7H2,1H3. The van der Waals surface area contributed by atoms with E-state index < -0.39 is 0 Å². The molecule has 3 heteroatoms. The van der Waals surface area contributed by atoms with Crippen LogP contribution in [0.4, 0.5) is 0 Å². The lowest BCUT2D eigenvalue weighted by atomic mass is 10.3. The minimum atomic E-state index is 0.799. The number of rotatable bonds is 3. The predicted molar refractivity (Wildman–Crippen MR) is 56.8 cm³/mol. The minimum Gasteiger partial charge on any atom is -0.299 e. The van der Waals surface area contributed by atoms with Gasteiger partial charge in [-0.05, 0) is 19.9 Å². The topological polar surface area (TPSA) is 3.24 Å². The van der Waals surface area contributed by atoms with Gasteiger partial charge in [0.25, 0.3) is 0 Å². The average molecular weight is 238 g/mol. The summed E-state index contributed by atoms with van der Waals surface area (Å²) < 4.78 is 0. The van der Waals surface area contributed by atoms with Crippen LogP contribution in [-0.2, 0) is 0 Å². The van der Waals surface area contributed by atoms with E-state index in [0.717, 1.165) is 11.4 Å². The number of alkyl halides is 1. The van der Waals surface area contributed by atoms with Crippen molar-refractivity contribution < 1.29 is 0 Å². The average Bonchev–Trinajstić information content (AvgIpc) is 2.03. The maximum absolute atomic E-state index is 3.46. The molecule has 0 aromatic rings. The highest BCUT2D eigenvalue weighted by atomic mass is 79.9. The fourth-order valence-electron chi connectivity index (χ4n) is 1.36. The van der Waals surface area contributed by atoms with Crippen LogP contribution < -0.4 is 0 Å². The van der Waals surface area contributed by atoms with Crippen molar-refractivity contribution in [2.45, 2.75) is 19.4 Å². The third-order valence-corrected chi connectivity index (χ3v) is 3.83. The zero-order valence-corrected chi connectivity index (χ0v) is 9.46. The fourth-order valence-corrected chi connectivity index (χ4v) is 2.69. The second-order valence-electron chi connectivity index (χ2n) is 3.00. The van der Waals surface area contributed by atoms with Crippen molar-refractivity contribution in [1.29, 1.82) is 0 Å². The number of hydrogen-bond acceptors (Lipinski definition) is 2. The monoisotopic (exact) mass is 237 g/mol. The summed E-state index contributed by atoms with van der Waals surface area (Å²) in [5.74, 6) is 2.65. The van der Waals surface area contributed by atoms with Gasteiger partial charge < -0.3 is 0 Å². The van der Waals surface area contributed by atoms with E-state index in [4.69, 9.17) is 0 Å². The molecule has 11 heavy (non-hydrogen) atoms. The van der Waals surface area contributed by atoms with Crippen molar-refractivity contribution >= 4 is 27.7 Å². The molecule has 0 N–H and O–H groups in total. The lowest BCUT2D eigenvalue weighted by Gasteiger charge is -2.32. The molecule has 0 amide bonds. The molecule has 0 aliphatic carbocycles. The smallest absolute Gasteiger partial charge is 0.0158 e. The molecule has 0 bridgehead atoms. The molecular formula is C8H16BrNS. The number of hydrogen-bond donors (Lipinski definition) is 0. The molecule has 1 nitrogen and oxygen atoms in total. The maximum atomic E-state index is 3.46. The van der Waals surface area contributed by atoms with Crippen molar-refractivity contribution in [3.63, 3.8) is 0 Å². The SMILES string of the molecule is CC1CSCCN1CCCBr. The summed E-state index contributed by atoms with van der Waals surface area (Å²) >= 11 is 5.55. The molecule has 1 aliphatic heterocycles. The van der Waals surface area contributed by atoms with Crippen LogP contribution in [0.2, 0.25) is 0 Å². The van der Waals surface area contributed by atoms with Crippen LogP contribution in [0.1, 0.15) is 13.3 Å². The van der Waals surface area contributed by atoms with Crippen LogP contribution in [-0.4, -0.2) is 40.9 Å². The second-order valence-corrected chi connectivity index (χ2v) is 4.95. The van der Waals surface area contributed by atoms with Gasteiger partial charge in [0.05, 0.1) is 0 Å². The number of nitrogens with zero attached hydrogens (tertiary/aromatic N) is 1. The first-order valence-electron chi connectivity index (χ1n) is 4.22. The van der Waals surface area contributed by atoms with Gasteiger partial charge in [-0.3, -0.25) is 4.90 Å². The number of thioether (sulfide) groups is 1. The molecule has 1 unspecified atom stereocenters. The lowest BCUT2D eigenvalue weighted by Crippen LogP contribution is -2.40. The molecule has 0 saturated carbocycles. The zero-order valence-electron chi connectivity index (χ0n) is 7.05. The van der Waals surface area contributed by atoms with Crippen LogP contribution in [0.25, 0.3) is 0 Å². The van der Waals surface area contributed by atoms with Crippen molar-refractivity contribution in [2.75, 3.05) is 29.9 Å². The van der Waals surface area contributed by atoms with Gasteiger partial charge in [0.2, 0.25) is 0 Å². The normalized spacial score (nSPS) is 27.3. The highest BCUT2D eigenvalue weighted by molar-refractivity contribution is 9.09. The Morgan fingerprint density at radius 2 is 2.45 bits per heavy atom. The molecule has 0 spiro atoms. The van der Waals surface area contributed by atoms with Crippen molar-refractivity contribution in [3.8, 4) is 0 Å². The Balaban J connectivity index is 2.18. The van der Waals surface area contributed by atoms with Gasteiger partial charge in [-0.1, -0.05) is 15.9 Å². The first kappa shape index (κ1) is 9.87. The molecule has 66 valence electrons. The van der Waals surface area contributed by atoms with Crippen molar-refractivity contribution in [1.82, 2.24) is 4.90 Å². The van der Waals surface area contributed by atoms with Gasteiger partial charge in [0, 0.05) is 29.4 Å². The largest absolute Gasteiger partial charge is 0.299 e. The van der Waals surface area contributed by atoms with E-state index in [9.17, 15) is 0 Å². The van der Waals surface area contributed by atoms with Crippen molar-refractivity contribution in [3.05, 3.63) is 0 Å². The Kier molecular flexibility index (Phi) is 4.88. The van der Waals surface area contributed by atoms with Gasteiger partial charge in [-0.25, -0.2) is 0 Å². The molecule has 1 heterocycles. The first-order chi connectivity index (χ1) is 5.34. The van der Waals surface area contributed by atoms with E-state index in [0.29, 0.717) is 0 Å². The summed E-state index contributed by atoms with van der Waals surface area (Å²) in [5, 5.41) is 1.14. The van der Waals surface area contributed by atoms with E-state index in [2.05, 4.69) is 39.5 Å². The molecule has 0 radical (unpaired) electrons. The Morgan fingerprint density at radius 1 is 1.64 bits per heavy atom. The molecule has 0 aromatic carbocycles. The highest BCUT2D eigenvalue weighted by Crippen LogP contribution is 2.15. The van der Waals surface area contributed by atoms with Crippen LogP contribution in [0.15, 0.2) is 0 Å². The van der Waals surface area contributed by atoms with Crippen LogP contribution in [0, 0.1) is 0 Å². The van der Waals surface area contributed by atoms with Gasteiger partial charge in [-0.2, -0.15) is 11.8 Å². The van der Waals surface area contributed by atoms with Crippen molar-refractivity contribution in [2.24, 2.45) is 0 Å². The quantitative estimate of drug-likeness (QED) is 0.693. The van der Waals surface area contributed by atoms with Gasteiger partial charge in [0.15, 0.2) is 0 Å². The van der Waals surface area contributed by atoms with Gasteiger partial charge in [0.1, 0.15) is 0 Å². The Bertz CT molecular complexity index is 110. The summed E-state index contributed by atoms with van der Waals surface area (Å²) in [6.45, 7) is 4.90. The molecule has 1 atom stereocenters. The fraction of sp³-hybridized carbons (Fsp3) is 1.00. The van der Waals surface area contributed by atoms with E-state index in [-0.39, 0.29) is 0 Å². The Hall–Kier alpha value is 0.790. The summed E-state index contributed by atoms with van der Waals surface area (Å²) in [6, 6.07) is 0.799. The van der Waals surface area contributed by atoms with E-state index >= 15 is 0 Å². The third kappa shape index (κ3) is 3.34. The van der Waals surface area contributed by atoms with E-state index in [1.807, 2.05) is 0 Å². The molecule has 1 rings (SSSR count). The summed E-state index contributed by atoms with van der Waals surface area (Å²) in [4.78, 5) is 2.60. The third-order valence-electron chi connectivity index (χ3n) is 2.08. The highest BCUT2D eigenvalue weighted by Gasteiger charge is 2.16. The summed E-state index contributed by atoms with van der Waals surface area (Å²) in [5.41, 5.74) is 0. The molecule has 1 aliphatic rings. The first-order valence-corrected chi connectivity index (χ1v) is 6.50. The molecule has 1 fully saturated rings. The van der Waals surface area contributed by atoms with Gasteiger partial charge >= 0.3 is 0 Å². The van der Waals surface area contributed by atoms with Gasteiger partial charge in [-0.15, -0.1) is 0 Å². The zero-order chi connectivity index (χ0) is 8.10. The van der Waals surface area contributed by atoms with Crippen LogP contribution >= 0.6 is 27.7 Å². The molecular weight excluding hydrogens is 222 g/mol. The maximum Gasteiger partial charge on any atom is 0.0158 e. The Labute approximate surface area is 82.0 Å². The lowest BCUT2D eigenvalue weighted by molar-refractivity contribution is 0.234. The second kappa shape index (κ2) is 5.44. The predicted octanol–water partition coefficient (Wildman–Crippen LogP) is 2.21. The summed E-state index contributed by atoms with van der Waals surface area (Å²) in [7, 11) is 0. The molecule has 0 aromatic heterocycles. The Morgan fingerprint density at radius 3 is 3.09 bits per heavy atom. The van der Waals surface area contributed by atoms with Crippen LogP contribution in [0.5, 0.6) is 0 Å². The minimum absolute atomic E-state index is 0.799. The van der Waals surface area contributed by atoms with E-state index in [1.54, 1.807) is 0 Å². The number of halogens is 1. The summed E-state index contributed by atoms with van der Waals surface area (Å²) in [6.07, 6.45) is 1.29. The molecule has 1 saturated heterocycles.